The van der Waals surface area contributed by atoms with Gasteiger partial charge in [-0.1, -0.05) is 0 Å². The number of hydrogen-bond donors (Lipinski definition) is 1. The summed E-state index contributed by atoms with van der Waals surface area (Å²) in [7, 11) is 0. The Balaban J connectivity index is 2.04. The van der Waals surface area contributed by atoms with E-state index in [1.807, 2.05) is 17.7 Å². The zero-order valence-corrected chi connectivity index (χ0v) is 8.23. The molecule has 1 N–H and O–H groups in total. The van der Waals surface area contributed by atoms with Crippen molar-refractivity contribution in [1.82, 2.24) is 9.55 Å². The number of carboxylic acid groups (broad SMARTS) is 1. The summed E-state index contributed by atoms with van der Waals surface area (Å²) < 4.78 is 2.04. The van der Waals surface area contributed by atoms with Gasteiger partial charge in [0.2, 0.25) is 0 Å². The van der Waals surface area contributed by atoms with E-state index in [0.29, 0.717) is 0 Å². The largest absolute Gasteiger partial charge is 0.481 e. The predicted molar refractivity (Wildman–Crippen MR) is 50.9 cm³/mol. The number of aromatic nitrogens is 2. The van der Waals surface area contributed by atoms with Gasteiger partial charge in [-0.15, -0.1) is 0 Å². The van der Waals surface area contributed by atoms with Crippen LogP contribution >= 0.6 is 0 Å². The van der Waals surface area contributed by atoms with Gasteiger partial charge in [0.05, 0.1) is 6.42 Å². The van der Waals surface area contributed by atoms with E-state index in [4.69, 9.17) is 5.11 Å². The van der Waals surface area contributed by atoms with Gasteiger partial charge in [-0.2, -0.15) is 0 Å². The van der Waals surface area contributed by atoms with E-state index in [1.165, 1.54) is 0 Å². The Morgan fingerprint density at radius 3 is 2.86 bits per heavy atom. The Labute approximate surface area is 82.6 Å². The lowest BCUT2D eigenvalue weighted by Crippen LogP contribution is -2.16. The van der Waals surface area contributed by atoms with Gasteiger partial charge in [0, 0.05) is 18.9 Å². The second kappa shape index (κ2) is 3.12. The molecule has 14 heavy (non-hydrogen) atoms. The highest BCUT2D eigenvalue weighted by atomic mass is 16.4. The van der Waals surface area contributed by atoms with Crippen LogP contribution in [-0.2, 0) is 11.3 Å². The van der Waals surface area contributed by atoms with Gasteiger partial charge in [-0.25, -0.2) is 4.98 Å². The fraction of sp³-hybridized carbons (Fsp3) is 0.600. The number of carbonyl (C=O) groups is 1. The minimum absolute atomic E-state index is 0.0112. The molecule has 0 bridgehead atoms. The van der Waals surface area contributed by atoms with Crippen LogP contribution in [0.2, 0.25) is 0 Å². The number of carboxylic acids is 1. The van der Waals surface area contributed by atoms with Crippen LogP contribution in [0, 0.1) is 12.3 Å². The molecule has 1 saturated carbocycles. The number of rotatable bonds is 4. The first-order valence-electron chi connectivity index (χ1n) is 4.81. The third-order valence-electron chi connectivity index (χ3n) is 2.91. The summed E-state index contributed by atoms with van der Waals surface area (Å²) in [5.74, 6) is 0.266. The lowest BCUT2D eigenvalue weighted by atomic mass is 10.0. The molecular weight excluding hydrogens is 180 g/mol. The standard InChI is InChI=1S/C10H14N2O2/c1-8-11-4-5-12(8)7-10(2-3-10)6-9(13)14/h4-5H,2-3,6-7H2,1H3,(H,13,14). The first-order valence-corrected chi connectivity index (χ1v) is 4.81. The molecule has 1 aliphatic rings. The number of imidazole rings is 1. The Kier molecular flexibility index (Phi) is 2.06. The molecule has 0 unspecified atom stereocenters. The van der Waals surface area contributed by atoms with E-state index < -0.39 is 5.97 Å². The third kappa shape index (κ3) is 1.78. The van der Waals surface area contributed by atoms with E-state index >= 15 is 0 Å². The van der Waals surface area contributed by atoms with E-state index in [2.05, 4.69) is 4.98 Å². The summed E-state index contributed by atoms with van der Waals surface area (Å²) in [6, 6.07) is 0. The average molecular weight is 194 g/mol. The highest BCUT2D eigenvalue weighted by Gasteiger charge is 2.44. The number of aliphatic carboxylic acids is 1. The summed E-state index contributed by atoms with van der Waals surface area (Å²) in [4.78, 5) is 14.8. The van der Waals surface area contributed by atoms with Crippen molar-refractivity contribution in [3.8, 4) is 0 Å². The minimum Gasteiger partial charge on any atom is -0.481 e. The highest BCUT2D eigenvalue weighted by molar-refractivity contribution is 5.68. The molecule has 0 saturated heterocycles. The SMILES string of the molecule is Cc1nccn1CC1(CC(=O)O)CC1. The van der Waals surface area contributed by atoms with Gasteiger partial charge in [-0.3, -0.25) is 4.79 Å². The molecule has 0 amide bonds. The van der Waals surface area contributed by atoms with Crippen molar-refractivity contribution in [3.63, 3.8) is 0 Å². The van der Waals surface area contributed by atoms with Crippen LogP contribution in [0.15, 0.2) is 12.4 Å². The summed E-state index contributed by atoms with van der Waals surface area (Å²) in [6.45, 7) is 2.74. The lowest BCUT2D eigenvalue weighted by molar-refractivity contribution is -0.138. The molecule has 76 valence electrons. The van der Waals surface area contributed by atoms with Crippen molar-refractivity contribution in [2.45, 2.75) is 32.7 Å². The minimum atomic E-state index is -0.694. The molecule has 4 heteroatoms. The van der Waals surface area contributed by atoms with Gasteiger partial charge in [0.25, 0.3) is 0 Å². The number of nitrogens with zero attached hydrogens (tertiary/aromatic N) is 2. The average Bonchev–Trinajstić information content (AvgIpc) is 2.70. The van der Waals surface area contributed by atoms with Gasteiger partial charge in [-0.05, 0) is 25.2 Å². The molecule has 1 aromatic heterocycles. The molecule has 4 nitrogen and oxygen atoms in total. The maximum Gasteiger partial charge on any atom is 0.303 e. The molecule has 2 rings (SSSR count). The summed E-state index contributed by atoms with van der Waals surface area (Å²) in [5.41, 5.74) is 0.0112. The van der Waals surface area contributed by atoms with Crippen molar-refractivity contribution in [1.29, 1.82) is 0 Å². The lowest BCUT2D eigenvalue weighted by Gasteiger charge is -2.14. The van der Waals surface area contributed by atoms with E-state index in [-0.39, 0.29) is 11.8 Å². The van der Waals surface area contributed by atoms with Crippen LogP contribution in [-0.4, -0.2) is 20.6 Å². The van der Waals surface area contributed by atoms with Crippen molar-refractivity contribution < 1.29 is 9.90 Å². The Morgan fingerprint density at radius 2 is 2.43 bits per heavy atom. The van der Waals surface area contributed by atoms with Crippen LogP contribution in [0.4, 0.5) is 0 Å². The van der Waals surface area contributed by atoms with Gasteiger partial charge < -0.3 is 9.67 Å². The summed E-state index contributed by atoms with van der Waals surface area (Å²) >= 11 is 0. The van der Waals surface area contributed by atoms with E-state index in [1.54, 1.807) is 6.20 Å². The fourth-order valence-electron chi connectivity index (χ4n) is 1.82. The van der Waals surface area contributed by atoms with Crippen LogP contribution < -0.4 is 0 Å². The molecule has 1 aliphatic carbocycles. The summed E-state index contributed by atoms with van der Waals surface area (Å²) in [6.07, 6.45) is 6.00. The molecule has 0 radical (unpaired) electrons. The molecular formula is C10H14N2O2. The fourth-order valence-corrected chi connectivity index (χ4v) is 1.82. The van der Waals surface area contributed by atoms with Crippen LogP contribution in [0.5, 0.6) is 0 Å². The molecule has 0 atom stereocenters. The van der Waals surface area contributed by atoms with Gasteiger partial charge in [0.1, 0.15) is 5.82 Å². The predicted octanol–water partition coefficient (Wildman–Crippen LogP) is 1.45. The van der Waals surface area contributed by atoms with E-state index in [0.717, 1.165) is 25.2 Å². The molecule has 0 aliphatic heterocycles. The first kappa shape index (κ1) is 9.24. The Hall–Kier alpha value is -1.32. The molecule has 0 aromatic carbocycles. The smallest absolute Gasteiger partial charge is 0.303 e. The first-order chi connectivity index (χ1) is 6.61. The highest BCUT2D eigenvalue weighted by Crippen LogP contribution is 2.50. The van der Waals surface area contributed by atoms with Crippen molar-refractivity contribution in [3.05, 3.63) is 18.2 Å². The second-order valence-electron chi connectivity index (χ2n) is 4.17. The monoisotopic (exact) mass is 194 g/mol. The van der Waals surface area contributed by atoms with Crippen molar-refractivity contribution in [2.75, 3.05) is 0 Å². The second-order valence-corrected chi connectivity index (χ2v) is 4.17. The summed E-state index contributed by atoms with van der Waals surface area (Å²) in [5, 5.41) is 8.76. The third-order valence-corrected chi connectivity index (χ3v) is 2.91. The van der Waals surface area contributed by atoms with Crippen LogP contribution in [0.3, 0.4) is 0 Å². The molecule has 1 fully saturated rings. The number of hydrogen-bond acceptors (Lipinski definition) is 2. The zero-order valence-electron chi connectivity index (χ0n) is 8.23. The van der Waals surface area contributed by atoms with Gasteiger partial charge >= 0.3 is 5.97 Å². The van der Waals surface area contributed by atoms with Crippen LogP contribution in [0.1, 0.15) is 25.1 Å². The molecule has 1 heterocycles. The van der Waals surface area contributed by atoms with Gasteiger partial charge in [0.15, 0.2) is 0 Å². The van der Waals surface area contributed by atoms with Crippen LogP contribution in [0.25, 0.3) is 0 Å². The quantitative estimate of drug-likeness (QED) is 0.789. The Bertz CT molecular complexity index is 353. The van der Waals surface area contributed by atoms with Crippen molar-refractivity contribution >= 4 is 5.97 Å². The molecule has 0 spiro atoms. The topological polar surface area (TPSA) is 55.1 Å². The Morgan fingerprint density at radius 1 is 1.71 bits per heavy atom. The maximum absolute atomic E-state index is 10.6. The normalized spacial score (nSPS) is 18.1. The number of aryl methyl sites for hydroxylation is 1. The molecule has 1 aromatic rings. The van der Waals surface area contributed by atoms with E-state index in [9.17, 15) is 4.79 Å². The zero-order chi connectivity index (χ0) is 10.2. The van der Waals surface area contributed by atoms with Crippen molar-refractivity contribution in [2.24, 2.45) is 5.41 Å². The maximum atomic E-state index is 10.6.